The molecule has 0 radical (unpaired) electrons. The van der Waals surface area contributed by atoms with E-state index >= 15 is 0 Å². The lowest BCUT2D eigenvalue weighted by atomic mass is 10.0. The Morgan fingerprint density at radius 1 is 1.24 bits per heavy atom. The zero-order valence-electron chi connectivity index (χ0n) is 12.2. The number of furan rings is 1. The molecule has 1 fully saturated rings. The van der Waals surface area contributed by atoms with Gasteiger partial charge in [0.15, 0.2) is 5.76 Å². The molecule has 0 saturated carbocycles. The molecule has 1 aromatic carbocycles. The van der Waals surface area contributed by atoms with Crippen molar-refractivity contribution in [2.24, 2.45) is 5.92 Å². The van der Waals surface area contributed by atoms with Gasteiger partial charge in [-0.25, -0.2) is 0 Å². The molecule has 2 aromatic rings. The van der Waals surface area contributed by atoms with Crippen molar-refractivity contribution in [2.75, 3.05) is 18.8 Å². The van der Waals surface area contributed by atoms with Gasteiger partial charge in [-0.05, 0) is 55.2 Å². The second-order valence-electron chi connectivity index (χ2n) is 5.78. The topological polar surface area (TPSA) is 59.5 Å². The molecule has 110 valence electrons. The van der Waals surface area contributed by atoms with Crippen molar-refractivity contribution in [3.63, 3.8) is 0 Å². The maximum Gasteiger partial charge on any atom is 0.289 e. The van der Waals surface area contributed by atoms with Crippen LogP contribution in [-0.4, -0.2) is 23.9 Å². The van der Waals surface area contributed by atoms with Crippen molar-refractivity contribution in [3.8, 4) is 11.3 Å². The fraction of sp³-hybridized carbons (Fsp3) is 0.353. The van der Waals surface area contributed by atoms with Crippen molar-refractivity contribution >= 4 is 11.6 Å². The van der Waals surface area contributed by atoms with Crippen LogP contribution in [-0.2, 0) is 0 Å². The average Bonchev–Trinajstić information content (AvgIpc) is 2.97. The standard InChI is InChI=1S/C17H20N2O2/c1-12-3-2-10-19(11-12)17(20)16-9-8-15(21-16)13-4-6-14(18)7-5-13/h4-9,12H,2-3,10-11,18H2,1H3/t12-/m0/s1. The van der Waals surface area contributed by atoms with E-state index in [4.69, 9.17) is 10.2 Å². The number of hydrogen-bond acceptors (Lipinski definition) is 3. The van der Waals surface area contributed by atoms with Crippen LogP contribution in [0.4, 0.5) is 5.69 Å². The number of likely N-dealkylation sites (tertiary alicyclic amines) is 1. The summed E-state index contributed by atoms with van der Waals surface area (Å²) in [6.07, 6.45) is 2.26. The van der Waals surface area contributed by atoms with E-state index in [0.29, 0.717) is 23.1 Å². The Morgan fingerprint density at radius 3 is 2.71 bits per heavy atom. The number of anilines is 1. The molecule has 1 aromatic heterocycles. The van der Waals surface area contributed by atoms with Gasteiger partial charge in [-0.3, -0.25) is 4.79 Å². The molecule has 1 saturated heterocycles. The summed E-state index contributed by atoms with van der Waals surface area (Å²) in [4.78, 5) is 14.3. The molecule has 4 heteroatoms. The monoisotopic (exact) mass is 284 g/mol. The number of carbonyl (C=O) groups is 1. The largest absolute Gasteiger partial charge is 0.451 e. The first-order valence-corrected chi connectivity index (χ1v) is 7.38. The third-order valence-corrected chi connectivity index (χ3v) is 3.96. The molecule has 1 atom stereocenters. The summed E-state index contributed by atoms with van der Waals surface area (Å²) in [5, 5.41) is 0. The summed E-state index contributed by atoms with van der Waals surface area (Å²) >= 11 is 0. The Balaban J connectivity index is 1.78. The molecule has 1 amide bonds. The van der Waals surface area contributed by atoms with E-state index in [-0.39, 0.29) is 5.91 Å². The summed E-state index contributed by atoms with van der Waals surface area (Å²) in [6, 6.07) is 11.0. The van der Waals surface area contributed by atoms with Gasteiger partial charge < -0.3 is 15.1 Å². The van der Waals surface area contributed by atoms with E-state index in [1.807, 2.05) is 35.2 Å². The maximum atomic E-state index is 12.5. The third-order valence-electron chi connectivity index (χ3n) is 3.96. The van der Waals surface area contributed by atoms with E-state index < -0.39 is 0 Å². The molecule has 0 spiro atoms. The van der Waals surface area contributed by atoms with Crippen molar-refractivity contribution in [1.29, 1.82) is 0 Å². The number of carbonyl (C=O) groups excluding carboxylic acids is 1. The van der Waals surface area contributed by atoms with Gasteiger partial charge in [0.25, 0.3) is 5.91 Å². The summed E-state index contributed by atoms with van der Waals surface area (Å²) < 4.78 is 5.73. The first-order valence-electron chi connectivity index (χ1n) is 7.38. The van der Waals surface area contributed by atoms with Gasteiger partial charge in [0.2, 0.25) is 0 Å². The van der Waals surface area contributed by atoms with E-state index in [1.165, 1.54) is 6.42 Å². The minimum atomic E-state index is -0.0109. The molecule has 1 aliphatic heterocycles. The number of piperidine rings is 1. The van der Waals surface area contributed by atoms with Crippen LogP contribution in [0, 0.1) is 5.92 Å². The highest BCUT2D eigenvalue weighted by Gasteiger charge is 2.24. The van der Waals surface area contributed by atoms with Gasteiger partial charge in [-0.1, -0.05) is 6.92 Å². The van der Waals surface area contributed by atoms with Crippen LogP contribution in [0.1, 0.15) is 30.3 Å². The number of nitrogens with zero attached hydrogens (tertiary/aromatic N) is 1. The number of amides is 1. The highest BCUT2D eigenvalue weighted by Crippen LogP contribution is 2.25. The fourth-order valence-electron chi connectivity index (χ4n) is 2.79. The lowest BCUT2D eigenvalue weighted by molar-refractivity contribution is 0.0652. The maximum absolute atomic E-state index is 12.5. The Morgan fingerprint density at radius 2 is 2.00 bits per heavy atom. The Labute approximate surface area is 124 Å². The van der Waals surface area contributed by atoms with E-state index in [2.05, 4.69) is 6.92 Å². The van der Waals surface area contributed by atoms with Crippen LogP contribution >= 0.6 is 0 Å². The van der Waals surface area contributed by atoms with Gasteiger partial charge in [-0.2, -0.15) is 0 Å². The van der Waals surface area contributed by atoms with E-state index in [9.17, 15) is 4.79 Å². The van der Waals surface area contributed by atoms with Crippen molar-refractivity contribution in [3.05, 3.63) is 42.2 Å². The highest BCUT2D eigenvalue weighted by molar-refractivity contribution is 5.92. The Hall–Kier alpha value is -2.23. The zero-order valence-corrected chi connectivity index (χ0v) is 12.2. The fourth-order valence-corrected chi connectivity index (χ4v) is 2.79. The zero-order chi connectivity index (χ0) is 14.8. The van der Waals surface area contributed by atoms with Crippen LogP contribution < -0.4 is 5.73 Å². The second-order valence-corrected chi connectivity index (χ2v) is 5.78. The van der Waals surface area contributed by atoms with Crippen LogP contribution in [0.15, 0.2) is 40.8 Å². The molecule has 4 nitrogen and oxygen atoms in total. The molecular formula is C17H20N2O2. The van der Waals surface area contributed by atoms with Gasteiger partial charge in [0.05, 0.1) is 0 Å². The minimum Gasteiger partial charge on any atom is -0.451 e. The predicted octanol–water partition coefficient (Wildman–Crippen LogP) is 3.40. The molecule has 1 aliphatic rings. The minimum absolute atomic E-state index is 0.0109. The number of nitrogen functional groups attached to an aromatic ring is 1. The summed E-state index contributed by atoms with van der Waals surface area (Å²) in [6.45, 7) is 3.82. The lowest BCUT2D eigenvalue weighted by Gasteiger charge is -2.30. The summed E-state index contributed by atoms with van der Waals surface area (Å²) in [7, 11) is 0. The molecule has 2 N–H and O–H groups in total. The molecule has 3 rings (SSSR count). The van der Waals surface area contributed by atoms with Gasteiger partial charge in [-0.15, -0.1) is 0 Å². The molecular weight excluding hydrogens is 264 g/mol. The smallest absolute Gasteiger partial charge is 0.289 e. The third kappa shape index (κ3) is 2.94. The van der Waals surface area contributed by atoms with Crippen molar-refractivity contribution in [1.82, 2.24) is 4.90 Å². The molecule has 21 heavy (non-hydrogen) atoms. The van der Waals surface area contributed by atoms with Crippen molar-refractivity contribution < 1.29 is 9.21 Å². The van der Waals surface area contributed by atoms with Gasteiger partial charge in [0, 0.05) is 24.3 Å². The summed E-state index contributed by atoms with van der Waals surface area (Å²) in [5.74, 6) is 1.66. The van der Waals surface area contributed by atoms with E-state index in [0.717, 1.165) is 25.1 Å². The number of hydrogen-bond donors (Lipinski definition) is 1. The quantitative estimate of drug-likeness (QED) is 0.860. The second kappa shape index (κ2) is 5.64. The molecule has 0 aliphatic carbocycles. The van der Waals surface area contributed by atoms with Crippen LogP contribution in [0.25, 0.3) is 11.3 Å². The normalized spacial score (nSPS) is 18.7. The molecule has 0 bridgehead atoms. The van der Waals surface area contributed by atoms with Crippen LogP contribution in [0.2, 0.25) is 0 Å². The molecule has 2 heterocycles. The van der Waals surface area contributed by atoms with E-state index in [1.54, 1.807) is 6.07 Å². The first kappa shape index (κ1) is 13.7. The van der Waals surface area contributed by atoms with Crippen LogP contribution in [0.5, 0.6) is 0 Å². The van der Waals surface area contributed by atoms with Crippen molar-refractivity contribution in [2.45, 2.75) is 19.8 Å². The van der Waals surface area contributed by atoms with Gasteiger partial charge >= 0.3 is 0 Å². The average molecular weight is 284 g/mol. The Kier molecular flexibility index (Phi) is 3.69. The number of nitrogens with two attached hydrogens (primary N) is 1. The summed E-state index contributed by atoms with van der Waals surface area (Å²) in [5.41, 5.74) is 7.32. The first-order chi connectivity index (χ1) is 10.1. The predicted molar refractivity (Wildman–Crippen MR) is 82.9 cm³/mol. The Bertz CT molecular complexity index is 630. The number of rotatable bonds is 2. The van der Waals surface area contributed by atoms with Gasteiger partial charge in [0.1, 0.15) is 5.76 Å². The molecule has 0 unspecified atom stereocenters. The van der Waals surface area contributed by atoms with Crippen LogP contribution in [0.3, 0.4) is 0 Å². The highest BCUT2D eigenvalue weighted by atomic mass is 16.4. The number of benzene rings is 1. The SMILES string of the molecule is C[C@H]1CCCN(C(=O)c2ccc(-c3ccc(N)cc3)o2)C1. The lowest BCUT2D eigenvalue weighted by Crippen LogP contribution is -2.38.